The number of carbonyl (C=O) groups is 1. The highest BCUT2D eigenvalue weighted by atomic mass is 79.9. The molecule has 0 aliphatic rings. The third kappa shape index (κ3) is 4.69. The molecule has 0 aliphatic carbocycles. The minimum absolute atomic E-state index is 0.0961. The van der Waals surface area contributed by atoms with Gasteiger partial charge in [0.2, 0.25) is 0 Å². The molecule has 0 unspecified atom stereocenters. The van der Waals surface area contributed by atoms with E-state index in [1.165, 1.54) is 12.3 Å². The number of carbonyl (C=O) groups excluding carboxylic acids is 1. The Morgan fingerprint density at radius 2 is 1.67 bits per heavy atom. The highest BCUT2D eigenvalue weighted by Crippen LogP contribution is 2.25. The fraction of sp³-hybridized carbons (Fsp3) is 0. The number of hydrogen-bond acceptors (Lipinski definition) is 4. The van der Waals surface area contributed by atoms with Gasteiger partial charge >= 0.3 is 0 Å². The molecule has 0 spiro atoms. The van der Waals surface area contributed by atoms with Crippen molar-refractivity contribution >= 4 is 43.2 Å². The number of para-hydroxylation sites is 2. The number of aromatic nitrogens is 1. The summed E-state index contributed by atoms with van der Waals surface area (Å²) >= 11 is 3.24. The Labute approximate surface area is 163 Å². The molecular weight excluding hydrogens is 437 g/mol. The summed E-state index contributed by atoms with van der Waals surface area (Å²) in [4.78, 5) is 16.2. The Hall–Kier alpha value is -2.78. The lowest BCUT2D eigenvalue weighted by Crippen LogP contribution is -2.17. The molecule has 0 saturated heterocycles. The second-order valence-corrected chi connectivity index (χ2v) is 8.05. The van der Waals surface area contributed by atoms with Crippen molar-refractivity contribution in [1.82, 2.24) is 4.98 Å². The SMILES string of the molecule is O=C(Nc1ccccc1NS(=O)(=O)c1ccc(F)cc1)c1cncc(Br)c1. The normalized spacial score (nSPS) is 11.0. The average molecular weight is 450 g/mol. The van der Waals surface area contributed by atoms with Crippen molar-refractivity contribution in [2.24, 2.45) is 0 Å². The number of nitrogens with one attached hydrogen (secondary N) is 2. The van der Waals surface area contributed by atoms with Crippen LogP contribution in [0.25, 0.3) is 0 Å². The van der Waals surface area contributed by atoms with E-state index in [1.54, 1.807) is 30.5 Å². The van der Waals surface area contributed by atoms with Gasteiger partial charge in [-0.15, -0.1) is 0 Å². The van der Waals surface area contributed by atoms with Crippen LogP contribution >= 0.6 is 15.9 Å². The van der Waals surface area contributed by atoms with Crippen LogP contribution in [0.3, 0.4) is 0 Å². The number of halogens is 2. The van der Waals surface area contributed by atoms with E-state index in [9.17, 15) is 17.6 Å². The highest BCUT2D eigenvalue weighted by molar-refractivity contribution is 9.10. The van der Waals surface area contributed by atoms with Gasteiger partial charge in [-0.1, -0.05) is 12.1 Å². The summed E-state index contributed by atoms with van der Waals surface area (Å²) in [6.45, 7) is 0. The van der Waals surface area contributed by atoms with E-state index in [0.717, 1.165) is 24.3 Å². The summed E-state index contributed by atoms with van der Waals surface area (Å²) in [5.74, 6) is -0.985. The standard InChI is InChI=1S/C18H13BrFN3O3S/c19-13-9-12(10-21-11-13)18(24)22-16-3-1-2-4-17(16)23-27(25,26)15-7-5-14(20)6-8-15/h1-11,23H,(H,22,24). The number of hydrogen-bond donors (Lipinski definition) is 2. The fourth-order valence-corrected chi connectivity index (χ4v) is 3.67. The van der Waals surface area contributed by atoms with Gasteiger partial charge in [0.05, 0.1) is 21.8 Å². The first kappa shape index (κ1) is 19.0. The lowest BCUT2D eigenvalue weighted by Gasteiger charge is -2.13. The zero-order valence-corrected chi connectivity index (χ0v) is 16.1. The van der Waals surface area contributed by atoms with Gasteiger partial charge in [0, 0.05) is 16.9 Å². The summed E-state index contributed by atoms with van der Waals surface area (Å²) in [5, 5.41) is 2.65. The summed E-state index contributed by atoms with van der Waals surface area (Å²) in [6, 6.07) is 12.4. The summed E-state index contributed by atoms with van der Waals surface area (Å²) < 4.78 is 41.1. The van der Waals surface area contributed by atoms with Crippen LogP contribution in [0.2, 0.25) is 0 Å². The molecule has 0 aliphatic heterocycles. The maximum Gasteiger partial charge on any atom is 0.261 e. The van der Waals surface area contributed by atoms with E-state index in [0.29, 0.717) is 10.0 Å². The number of nitrogens with zero attached hydrogens (tertiary/aromatic N) is 1. The molecule has 27 heavy (non-hydrogen) atoms. The maximum absolute atomic E-state index is 13.0. The van der Waals surface area contributed by atoms with Crippen LogP contribution in [0.1, 0.15) is 10.4 Å². The van der Waals surface area contributed by atoms with Gasteiger partial charge in [0.1, 0.15) is 5.82 Å². The maximum atomic E-state index is 13.0. The second-order valence-electron chi connectivity index (χ2n) is 5.45. The molecule has 3 rings (SSSR count). The van der Waals surface area contributed by atoms with Gasteiger partial charge in [0.15, 0.2) is 0 Å². The molecule has 6 nitrogen and oxygen atoms in total. The van der Waals surface area contributed by atoms with E-state index >= 15 is 0 Å². The minimum Gasteiger partial charge on any atom is -0.320 e. The van der Waals surface area contributed by atoms with Crippen molar-refractivity contribution in [1.29, 1.82) is 0 Å². The minimum atomic E-state index is -3.95. The first-order valence-corrected chi connectivity index (χ1v) is 9.92. The Bertz CT molecular complexity index is 1090. The molecule has 1 heterocycles. The number of pyridine rings is 1. The van der Waals surface area contributed by atoms with Crippen LogP contribution < -0.4 is 10.0 Å². The monoisotopic (exact) mass is 449 g/mol. The number of sulfonamides is 1. The summed E-state index contributed by atoms with van der Waals surface area (Å²) in [5.41, 5.74) is 0.756. The number of anilines is 2. The topological polar surface area (TPSA) is 88.2 Å². The first-order chi connectivity index (χ1) is 12.8. The third-order valence-corrected chi connectivity index (χ3v) is 5.33. The Morgan fingerprint density at radius 1 is 1.00 bits per heavy atom. The van der Waals surface area contributed by atoms with Crippen molar-refractivity contribution in [2.75, 3.05) is 10.0 Å². The van der Waals surface area contributed by atoms with Crippen LogP contribution in [0.4, 0.5) is 15.8 Å². The van der Waals surface area contributed by atoms with Crippen molar-refractivity contribution in [2.45, 2.75) is 4.90 Å². The van der Waals surface area contributed by atoms with Gasteiger partial charge < -0.3 is 5.32 Å². The van der Waals surface area contributed by atoms with Crippen LogP contribution in [-0.2, 0) is 10.0 Å². The van der Waals surface area contributed by atoms with E-state index in [-0.39, 0.29) is 16.3 Å². The van der Waals surface area contributed by atoms with E-state index in [2.05, 4.69) is 31.0 Å². The molecule has 0 saturated carbocycles. The lowest BCUT2D eigenvalue weighted by molar-refractivity contribution is 0.102. The Kier molecular flexibility index (Phi) is 5.52. The van der Waals surface area contributed by atoms with Crippen molar-refractivity contribution in [3.05, 3.63) is 82.8 Å². The van der Waals surface area contributed by atoms with E-state index < -0.39 is 21.7 Å². The predicted molar refractivity (Wildman–Crippen MR) is 104 cm³/mol. The first-order valence-electron chi connectivity index (χ1n) is 7.64. The largest absolute Gasteiger partial charge is 0.320 e. The van der Waals surface area contributed by atoms with Crippen LogP contribution in [0, 0.1) is 5.82 Å². The molecule has 2 N–H and O–H groups in total. The van der Waals surface area contributed by atoms with Crippen molar-refractivity contribution in [3.8, 4) is 0 Å². The zero-order valence-electron chi connectivity index (χ0n) is 13.7. The molecule has 0 fully saturated rings. The van der Waals surface area contributed by atoms with Gasteiger partial charge in [-0.05, 0) is 58.4 Å². The van der Waals surface area contributed by atoms with Crippen molar-refractivity contribution in [3.63, 3.8) is 0 Å². The summed E-state index contributed by atoms with van der Waals surface area (Å²) in [7, 11) is -3.95. The van der Waals surface area contributed by atoms with E-state index in [4.69, 9.17) is 0 Å². The van der Waals surface area contributed by atoms with Crippen LogP contribution in [0.15, 0.2) is 76.4 Å². The van der Waals surface area contributed by atoms with Gasteiger partial charge in [-0.3, -0.25) is 14.5 Å². The lowest BCUT2D eigenvalue weighted by atomic mass is 10.2. The van der Waals surface area contributed by atoms with E-state index in [1.807, 2.05) is 0 Å². The zero-order chi connectivity index (χ0) is 19.4. The molecule has 0 atom stereocenters. The molecule has 1 amide bonds. The quantitative estimate of drug-likeness (QED) is 0.615. The van der Waals surface area contributed by atoms with Gasteiger partial charge in [-0.25, -0.2) is 12.8 Å². The molecule has 0 radical (unpaired) electrons. The average Bonchev–Trinajstić information content (AvgIpc) is 2.63. The molecule has 138 valence electrons. The fourth-order valence-electron chi connectivity index (χ4n) is 2.23. The molecule has 3 aromatic rings. The van der Waals surface area contributed by atoms with Gasteiger partial charge in [0.25, 0.3) is 15.9 Å². The highest BCUT2D eigenvalue weighted by Gasteiger charge is 2.17. The second kappa shape index (κ2) is 7.85. The number of benzene rings is 2. The predicted octanol–water partition coefficient (Wildman–Crippen LogP) is 4.04. The van der Waals surface area contributed by atoms with Crippen molar-refractivity contribution < 1.29 is 17.6 Å². The molecule has 1 aromatic heterocycles. The number of amides is 1. The number of rotatable bonds is 5. The smallest absolute Gasteiger partial charge is 0.261 e. The Morgan fingerprint density at radius 3 is 2.33 bits per heavy atom. The van der Waals surface area contributed by atoms with Crippen LogP contribution in [-0.4, -0.2) is 19.3 Å². The molecular formula is C18H13BrFN3O3S. The summed E-state index contributed by atoms with van der Waals surface area (Å²) in [6.07, 6.45) is 2.94. The van der Waals surface area contributed by atoms with Crippen LogP contribution in [0.5, 0.6) is 0 Å². The van der Waals surface area contributed by atoms with Gasteiger partial charge in [-0.2, -0.15) is 0 Å². The Balaban J connectivity index is 1.86. The molecule has 9 heteroatoms. The third-order valence-electron chi connectivity index (χ3n) is 3.51. The molecule has 0 bridgehead atoms. The molecule has 2 aromatic carbocycles.